The van der Waals surface area contributed by atoms with Gasteiger partial charge in [0.1, 0.15) is 11.8 Å². The molecule has 0 radical (unpaired) electrons. The van der Waals surface area contributed by atoms with E-state index in [1.807, 2.05) is 25.1 Å². The summed E-state index contributed by atoms with van der Waals surface area (Å²) < 4.78 is 5.47. The third kappa shape index (κ3) is 2.74. The van der Waals surface area contributed by atoms with Crippen LogP contribution >= 0.6 is 0 Å². The Morgan fingerprint density at radius 2 is 2.31 bits per heavy atom. The highest BCUT2D eigenvalue weighted by Crippen LogP contribution is 2.25. The Hall–Kier alpha value is -1.53. The Kier molecular flexibility index (Phi) is 3.43. The second-order valence-corrected chi connectivity index (χ2v) is 4.17. The Morgan fingerprint density at radius 1 is 1.50 bits per heavy atom. The van der Waals surface area contributed by atoms with Crippen molar-refractivity contribution in [1.82, 2.24) is 5.32 Å². The smallest absolute Gasteiger partial charge is 0.174 e. The molecule has 0 aromatic heterocycles. The van der Waals surface area contributed by atoms with Crippen molar-refractivity contribution in [2.24, 2.45) is 0 Å². The average Bonchev–Trinajstić information content (AvgIpc) is 3.09. The molecule has 2 rings (SSSR count). The first kappa shape index (κ1) is 11.0. The zero-order valence-electron chi connectivity index (χ0n) is 9.49. The number of para-hydroxylation sites is 1. The van der Waals surface area contributed by atoms with Crippen LogP contribution in [0.15, 0.2) is 18.2 Å². The van der Waals surface area contributed by atoms with Crippen LogP contribution in [0, 0.1) is 18.3 Å². The third-order valence-corrected chi connectivity index (χ3v) is 2.73. The van der Waals surface area contributed by atoms with Crippen molar-refractivity contribution in [3.05, 3.63) is 29.3 Å². The van der Waals surface area contributed by atoms with Gasteiger partial charge in [0.25, 0.3) is 0 Å². The van der Waals surface area contributed by atoms with Gasteiger partial charge in [0.15, 0.2) is 6.61 Å². The van der Waals surface area contributed by atoms with Gasteiger partial charge in [0.05, 0.1) is 0 Å². The fraction of sp³-hybridized carbons (Fsp3) is 0.462. The molecular weight excluding hydrogens is 200 g/mol. The summed E-state index contributed by atoms with van der Waals surface area (Å²) in [6.45, 7) is 2.95. The number of aryl methyl sites for hydroxylation is 1. The fourth-order valence-corrected chi connectivity index (χ4v) is 1.71. The summed E-state index contributed by atoms with van der Waals surface area (Å²) in [5.41, 5.74) is 2.23. The van der Waals surface area contributed by atoms with Gasteiger partial charge in [-0.2, -0.15) is 5.26 Å². The largest absolute Gasteiger partial charge is 0.478 e. The van der Waals surface area contributed by atoms with Crippen LogP contribution in [0.3, 0.4) is 0 Å². The highest BCUT2D eigenvalue weighted by Gasteiger charge is 2.20. The summed E-state index contributed by atoms with van der Waals surface area (Å²) in [6.07, 6.45) is 2.56. The molecule has 1 aromatic rings. The van der Waals surface area contributed by atoms with Crippen molar-refractivity contribution in [3.8, 4) is 11.8 Å². The zero-order chi connectivity index (χ0) is 11.4. The summed E-state index contributed by atoms with van der Waals surface area (Å²) in [6, 6.07) is 8.77. The number of nitriles is 1. The first-order valence-corrected chi connectivity index (χ1v) is 5.63. The first-order valence-electron chi connectivity index (χ1n) is 5.63. The van der Waals surface area contributed by atoms with Gasteiger partial charge in [-0.3, -0.25) is 0 Å². The van der Waals surface area contributed by atoms with E-state index < -0.39 is 0 Å². The van der Waals surface area contributed by atoms with Crippen molar-refractivity contribution in [3.63, 3.8) is 0 Å². The minimum atomic E-state index is 0.112. The fourth-order valence-electron chi connectivity index (χ4n) is 1.71. The molecule has 1 saturated carbocycles. The van der Waals surface area contributed by atoms with Gasteiger partial charge < -0.3 is 10.1 Å². The van der Waals surface area contributed by atoms with E-state index >= 15 is 0 Å². The summed E-state index contributed by atoms with van der Waals surface area (Å²) in [7, 11) is 0. The number of nitrogens with zero attached hydrogens (tertiary/aromatic N) is 1. The highest BCUT2D eigenvalue weighted by molar-refractivity contribution is 5.40. The van der Waals surface area contributed by atoms with Crippen LogP contribution in [0.4, 0.5) is 0 Å². The molecule has 16 heavy (non-hydrogen) atoms. The number of rotatable bonds is 5. The van der Waals surface area contributed by atoms with Crippen molar-refractivity contribution in [2.45, 2.75) is 32.4 Å². The number of nitrogens with one attached hydrogen (secondary N) is 1. The SMILES string of the molecule is Cc1cccc(CNC2CC2)c1OCC#N. The van der Waals surface area contributed by atoms with Crippen LogP contribution in [0.25, 0.3) is 0 Å². The summed E-state index contributed by atoms with van der Waals surface area (Å²) in [4.78, 5) is 0. The minimum absolute atomic E-state index is 0.112. The molecule has 0 unspecified atom stereocenters. The maximum absolute atomic E-state index is 8.55. The lowest BCUT2D eigenvalue weighted by molar-refractivity contribution is 0.360. The van der Waals surface area contributed by atoms with Gasteiger partial charge in [-0.15, -0.1) is 0 Å². The molecule has 0 saturated heterocycles. The van der Waals surface area contributed by atoms with Crippen molar-refractivity contribution in [2.75, 3.05) is 6.61 Å². The maximum atomic E-state index is 8.55. The van der Waals surface area contributed by atoms with Gasteiger partial charge in [0, 0.05) is 18.2 Å². The number of hydrogen-bond acceptors (Lipinski definition) is 3. The molecule has 1 aromatic carbocycles. The van der Waals surface area contributed by atoms with Crippen molar-refractivity contribution >= 4 is 0 Å². The number of benzene rings is 1. The maximum Gasteiger partial charge on any atom is 0.174 e. The summed E-state index contributed by atoms with van der Waals surface area (Å²) in [5, 5.41) is 12.0. The Bertz CT molecular complexity index is 405. The topological polar surface area (TPSA) is 45.0 Å². The minimum Gasteiger partial charge on any atom is -0.478 e. The Morgan fingerprint density at radius 3 is 3.00 bits per heavy atom. The predicted molar refractivity (Wildman–Crippen MR) is 62.1 cm³/mol. The molecule has 84 valence electrons. The van der Waals surface area contributed by atoms with Crippen molar-refractivity contribution in [1.29, 1.82) is 5.26 Å². The predicted octanol–water partition coefficient (Wildman–Crippen LogP) is 2.15. The molecule has 1 aliphatic carbocycles. The zero-order valence-corrected chi connectivity index (χ0v) is 9.49. The molecule has 1 N–H and O–H groups in total. The van der Waals surface area contributed by atoms with Crippen LogP contribution in [0.5, 0.6) is 5.75 Å². The van der Waals surface area contributed by atoms with E-state index in [1.165, 1.54) is 12.8 Å². The second-order valence-electron chi connectivity index (χ2n) is 4.17. The number of ether oxygens (including phenoxy) is 1. The number of hydrogen-bond donors (Lipinski definition) is 1. The van der Waals surface area contributed by atoms with E-state index in [9.17, 15) is 0 Å². The Labute approximate surface area is 96.0 Å². The van der Waals surface area contributed by atoms with Gasteiger partial charge >= 0.3 is 0 Å². The lowest BCUT2D eigenvalue weighted by Crippen LogP contribution is -2.16. The summed E-state index contributed by atoms with van der Waals surface area (Å²) >= 11 is 0. The molecule has 0 atom stereocenters. The van der Waals surface area contributed by atoms with Crippen LogP contribution in [-0.4, -0.2) is 12.6 Å². The van der Waals surface area contributed by atoms with E-state index in [4.69, 9.17) is 10.00 Å². The van der Waals surface area contributed by atoms with Gasteiger partial charge in [-0.25, -0.2) is 0 Å². The van der Waals surface area contributed by atoms with Crippen LogP contribution in [0.1, 0.15) is 24.0 Å². The molecule has 0 aliphatic heterocycles. The van der Waals surface area contributed by atoms with E-state index in [2.05, 4.69) is 11.4 Å². The van der Waals surface area contributed by atoms with Crippen molar-refractivity contribution < 1.29 is 4.74 Å². The molecule has 0 spiro atoms. The molecule has 0 bridgehead atoms. The van der Waals surface area contributed by atoms with E-state index in [1.54, 1.807) is 0 Å². The lowest BCUT2D eigenvalue weighted by Gasteiger charge is -2.12. The van der Waals surface area contributed by atoms with E-state index in [-0.39, 0.29) is 6.61 Å². The van der Waals surface area contributed by atoms with Crippen LogP contribution < -0.4 is 10.1 Å². The third-order valence-electron chi connectivity index (χ3n) is 2.73. The lowest BCUT2D eigenvalue weighted by atomic mass is 10.1. The molecule has 1 aliphatic rings. The highest BCUT2D eigenvalue weighted by atomic mass is 16.5. The standard InChI is InChI=1S/C13H16N2O/c1-10-3-2-4-11(9-15-12-5-6-12)13(10)16-8-7-14/h2-4,12,15H,5-6,8-9H2,1H3. The second kappa shape index (κ2) is 5.00. The molecule has 1 fully saturated rings. The van der Waals surface area contributed by atoms with E-state index in [0.29, 0.717) is 6.04 Å². The average molecular weight is 216 g/mol. The Balaban J connectivity index is 2.07. The van der Waals surface area contributed by atoms with E-state index in [0.717, 1.165) is 23.4 Å². The van der Waals surface area contributed by atoms with Crippen LogP contribution in [-0.2, 0) is 6.54 Å². The monoisotopic (exact) mass is 216 g/mol. The van der Waals surface area contributed by atoms with Crippen LogP contribution in [0.2, 0.25) is 0 Å². The molecule has 3 nitrogen and oxygen atoms in total. The quantitative estimate of drug-likeness (QED) is 0.820. The molecular formula is C13H16N2O. The van der Waals surface area contributed by atoms with Gasteiger partial charge in [-0.1, -0.05) is 18.2 Å². The molecule has 3 heteroatoms. The normalized spacial score (nSPS) is 14.5. The van der Waals surface area contributed by atoms with Gasteiger partial charge in [-0.05, 0) is 25.3 Å². The first-order chi connectivity index (χ1) is 7.81. The molecule has 0 heterocycles. The molecule has 0 amide bonds. The van der Waals surface area contributed by atoms with Gasteiger partial charge in [0.2, 0.25) is 0 Å². The summed E-state index contributed by atoms with van der Waals surface area (Å²) in [5.74, 6) is 0.859.